The summed E-state index contributed by atoms with van der Waals surface area (Å²) < 4.78 is 0. The topological polar surface area (TPSA) is 70.0 Å². The van der Waals surface area contributed by atoms with E-state index in [0.717, 1.165) is 17.1 Å². The number of benzene rings is 1. The lowest BCUT2D eigenvalue weighted by atomic mass is 9.98. The molecule has 0 radical (unpaired) electrons. The molecule has 0 heterocycles. The van der Waals surface area contributed by atoms with E-state index in [1.807, 2.05) is 12.1 Å². The molecule has 0 aromatic heterocycles. The molecule has 0 aliphatic carbocycles. The maximum absolute atomic E-state index is 12.0. The molecule has 0 fully saturated rings. The van der Waals surface area contributed by atoms with E-state index in [1.165, 1.54) is 7.05 Å². The van der Waals surface area contributed by atoms with Crippen LogP contribution in [0.15, 0.2) is 29.2 Å². The summed E-state index contributed by atoms with van der Waals surface area (Å²) in [5, 5.41) is 11.2. The molecule has 19 heavy (non-hydrogen) atoms. The number of hydrogen-bond donors (Lipinski definition) is 1. The lowest BCUT2D eigenvalue weighted by Crippen LogP contribution is -2.32. The SMILES string of the molecule is CCCSc1ccc(C(=O)C(C#N)C(=O)NC)cc1. The zero-order valence-electron chi connectivity index (χ0n) is 11.0. The van der Waals surface area contributed by atoms with Gasteiger partial charge in [-0.2, -0.15) is 5.26 Å². The number of nitriles is 1. The minimum absolute atomic E-state index is 0.385. The molecule has 1 rings (SSSR count). The first-order valence-electron chi connectivity index (χ1n) is 6.02. The van der Waals surface area contributed by atoms with Gasteiger partial charge in [0.25, 0.3) is 0 Å². The average Bonchev–Trinajstić information content (AvgIpc) is 2.46. The standard InChI is InChI=1S/C14H16N2O2S/c1-3-8-19-11-6-4-10(5-7-11)13(17)12(9-15)14(18)16-2/h4-7,12H,3,8H2,1-2H3,(H,16,18). The van der Waals surface area contributed by atoms with Crippen molar-refractivity contribution in [3.63, 3.8) is 0 Å². The van der Waals surface area contributed by atoms with E-state index in [0.29, 0.717) is 5.56 Å². The van der Waals surface area contributed by atoms with Crippen LogP contribution in [-0.2, 0) is 4.79 Å². The lowest BCUT2D eigenvalue weighted by molar-refractivity contribution is -0.121. The Balaban J connectivity index is 2.83. The van der Waals surface area contributed by atoms with Gasteiger partial charge in [0.15, 0.2) is 11.7 Å². The number of nitrogens with one attached hydrogen (secondary N) is 1. The second-order valence-electron chi connectivity index (χ2n) is 3.91. The van der Waals surface area contributed by atoms with Gasteiger partial charge >= 0.3 is 0 Å². The molecule has 100 valence electrons. The molecule has 0 saturated heterocycles. The number of thioether (sulfide) groups is 1. The molecule has 0 spiro atoms. The van der Waals surface area contributed by atoms with Crippen LogP contribution in [0.3, 0.4) is 0 Å². The van der Waals surface area contributed by atoms with Crippen LogP contribution in [0.25, 0.3) is 0 Å². The van der Waals surface area contributed by atoms with Gasteiger partial charge in [0.2, 0.25) is 5.91 Å². The molecule has 4 nitrogen and oxygen atoms in total. The van der Waals surface area contributed by atoms with Gasteiger partial charge in [-0.05, 0) is 24.3 Å². The largest absolute Gasteiger partial charge is 0.358 e. The van der Waals surface area contributed by atoms with Crippen LogP contribution in [0.4, 0.5) is 0 Å². The van der Waals surface area contributed by atoms with Gasteiger partial charge in [0.05, 0.1) is 6.07 Å². The van der Waals surface area contributed by atoms with E-state index in [2.05, 4.69) is 12.2 Å². The highest BCUT2D eigenvalue weighted by molar-refractivity contribution is 7.99. The molecule has 0 bridgehead atoms. The predicted molar refractivity (Wildman–Crippen MR) is 75.0 cm³/mol. The van der Waals surface area contributed by atoms with Crippen molar-refractivity contribution in [3.05, 3.63) is 29.8 Å². The van der Waals surface area contributed by atoms with Crippen molar-refractivity contribution in [1.29, 1.82) is 5.26 Å². The number of ketones is 1. The fraction of sp³-hybridized carbons (Fsp3) is 0.357. The van der Waals surface area contributed by atoms with Gasteiger partial charge in [-0.3, -0.25) is 9.59 Å². The van der Waals surface area contributed by atoms with Crippen molar-refractivity contribution in [2.75, 3.05) is 12.8 Å². The third-order valence-electron chi connectivity index (χ3n) is 2.51. The predicted octanol–water partition coefficient (Wildman–Crippen LogP) is 2.26. The second kappa shape index (κ2) is 7.59. The van der Waals surface area contributed by atoms with Crippen LogP contribution < -0.4 is 5.32 Å². The van der Waals surface area contributed by atoms with E-state index in [4.69, 9.17) is 5.26 Å². The van der Waals surface area contributed by atoms with E-state index in [9.17, 15) is 9.59 Å². The van der Waals surface area contributed by atoms with Crippen LogP contribution in [0.1, 0.15) is 23.7 Å². The number of carbonyl (C=O) groups is 2. The van der Waals surface area contributed by atoms with Crippen LogP contribution in [0.5, 0.6) is 0 Å². The van der Waals surface area contributed by atoms with Gasteiger partial charge in [-0.15, -0.1) is 11.8 Å². The summed E-state index contributed by atoms with van der Waals surface area (Å²) in [4.78, 5) is 24.5. The Hall–Kier alpha value is -1.80. The van der Waals surface area contributed by atoms with Crippen LogP contribution >= 0.6 is 11.8 Å². The Morgan fingerprint density at radius 1 is 1.37 bits per heavy atom. The fourth-order valence-corrected chi connectivity index (χ4v) is 2.25. The highest BCUT2D eigenvalue weighted by Gasteiger charge is 2.26. The molecule has 0 aliphatic heterocycles. The summed E-state index contributed by atoms with van der Waals surface area (Å²) in [6.07, 6.45) is 1.08. The van der Waals surface area contributed by atoms with E-state index < -0.39 is 17.6 Å². The normalized spacial score (nSPS) is 11.4. The molecule has 1 atom stereocenters. The number of Topliss-reactive ketones (excluding diaryl/α,β-unsaturated/α-hetero) is 1. The van der Waals surface area contributed by atoms with Crippen LogP contribution in [0.2, 0.25) is 0 Å². The third kappa shape index (κ3) is 4.11. The van der Waals surface area contributed by atoms with Gasteiger partial charge in [-0.25, -0.2) is 0 Å². The molecule has 1 aromatic rings. The highest BCUT2D eigenvalue weighted by Crippen LogP contribution is 2.20. The Morgan fingerprint density at radius 3 is 2.47 bits per heavy atom. The maximum Gasteiger partial charge on any atom is 0.245 e. The first-order chi connectivity index (χ1) is 9.13. The molecule has 0 aliphatic rings. The minimum atomic E-state index is -1.28. The summed E-state index contributed by atoms with van der Waals surface area (Å²) in [6.45, 7) is 2.10. The first-order valence-corrected chi connectivity index (χ1v) is 7.00. The molecular weight excluding hydrogens is 260 g/mol. The molecule has 1 aromatic carbocycles. The third-order valence-corrected chi connectivity index (χ3v) is 3.73. The molecule has 1 unspecified atom stereocenters. The fourth-order valence-electron chi connectivity index (χ4n) is 1.48. The smallest absolute Gasteiger partial charge is 0.245 e. The van der Waals surface area contributed by atoms with Gasteiger partial charge < -0.3 is 5.32 Å². The van der Waals surface area contributed by atoms with Gasteiger partial charge in [0.1, 0.15) is 0 Å². The van der Waals surface area contributed by atoms with Crippen molar-refractivity contribution >= 4 is 23.5 Å². The molecule has 5 heteroatoms. The second-order valence-corrected chi connectivity index (χ2v) is 5.08. The Labute approximate surface area is 117 Å². The Morgan fingerprint density at radius 2 is 2.00 bits per heavy atom. The van der Waals surface area contributed by atoms with Crippen molar-refractivity contribution in [2.24, 2.45) is 5.92 Å². The summed E-state index contributed by atoms with van der Waals surface area (Å²) in [5.41, 5.74) is 0.385. The highest BCUT2D eigenvalue weighted by atomic mass is 32.2. The lowest BCUT2D eigenvalue weighted by Gasteiger charge is -2.07. The summed E-state index contributed by atoms with van der Waals surface area (Å²) >= 11 is 1.71. The Bertz CT molecular complexity index is 491. The van der Waals surface area contributed by atoms with Gasteiger partial charge in [-0.1, -0.05) is 19.1 Å². The first kappa shape index (κ1) is 15.3. The monoisotopic (exact) mass is 276 g/mol. The molecule has 1 N–H and O–H groups in total. The maximum atomic E-state index is 12.0. The average molecular weight is 276 g/mol. The minimum Gasteiger partial charge on any atom is -0.358 e. The number of rotatable bonds is 6. The summed E-state index contributed by atoms with van der Waals surface area (Å²) in [6, 6.07) is 8.73. The summed E-state index contributed by atoms with van der Waals surface area (Å²) in [7, 11) is 1.41. The molecular formula is C14H16N2O2S. The molecule has 1 amide bonds. The number of carbonyl (C=O) groups excluding carboxylic acids is 2. The Kier molecular flexibility index (Phi) is 6.10. The van der Waals surface area contributed by atoms with Crippen molar-refractivity contribution in [1.82, 2.24) is 5.32 Å². The van der Waals surface area contributed by atoms with Crippen molar-refractivity contribution in [3.8, 4) is 6.07 Å². The zero-order chi connectivity index (χ0) is 14.3. The zero-order valence-corrected chi connectivity index (χ0v) is 11.8. The van der Waals surface area contributed by atoms with E-state index >= 15 is 0 Å². The number of nitrogens with zero attached hydrogens (tertiary/aromatic N) is 1. The van der Waals surface area contributed by atoms with E-state index in [1.54, 1.807) is 30.0 Å². The van der Waals surface area contributed by atoms with Crippen molar-refractivity contribution < 1.29 is 9.59 Å². The summed E-state index contributed by atoms with van der Waals surface area (Å²) in [5.74, 6) is -1.29. The quantitative estimate of drug-likeness (QED) is 0.491. The van der Waals surface area contributed by atoms with Gasteiger partial charge in [0, 0.05) is 17.5 Å². The van der Waals surface area contributed by atoms with Crippen LogP contribution in [-0.4, -0.2) is 24.5 Å². The number of amides is 1. The van der Waals surface area contributed by atoms with E-state index in [-0.39, 0.29) is 0 Å². The number of hydrogen-bond acceptors (Lipinski definition) is 4. The molecule has 0 saturated carbocycles. The van der Waals surface area contributed by atoms with Crippen LogP contribution in [0, 0.1) is 17.2 Å². The van der Waals surface area contributed by atoms with Crippen molar-refractivity contribution in [2.45, 2.75) is 18.2 Å².